The summed E-state index contributed by atoms with van der Waals surface area (Å²) in [5.74, 6) is -3.03. The second kappa shape index (κ2) is 5.72. The zero-order valence-electron chi connectivity index (χ0n) is 7.31. The van der Waals surface area contributed by atoms with Crippen LogP contribution in [0.1, 0.15) is 6.42 Å². The fourth-order valence-electron chi connectivity index (χ4n) is 1.21. The van der Waals surface area contributed by atoms with Crippen molar-refractivity contribution in [2.24, 2.45) is 0 Å². The van der Waals surface area contributed by atoms with E-state index in [0.29, 0.717) is 6.54 Å². The van der Waals surface area contributed by atoms with Gasteiger partial charge in [0.05, 0.1) is 6.54 Å². The fraction of sp³-hybridized carbons (Fsp3) is 1.00. The first-order valence-corrected chi connectivity index (χ1v) is 4.00. The molecule has 0 aromatic rings. The predicted molar refractivity (Wildman–Crippen MR) is 45.4 cm³/mol. The van der Waals surface area contributed by atoms with Crippen LogP contribution in [0.4, 0.5) is 17.6 Å². The predicted octanol–water partition coefficient (Wildman–Crippen LogP) is 1.69. The van der Waals surface area contributed by atoms with Crippen LogP contribution in [-0.4, -0.2) is 38.1 Å². The summed E-state index contributed by atoms with van der Waals surface area (Å²) in [6, 6.07) is 0. The Morgan fingerprint density at radius 3 is 2.57 bits per heavy atom. The van der Waals surface area contributed by atoms with Gasteiger partial charge in [0.2, 0.25) is 0 Å². The average Bonchev–Trinajstić information content (AvgIpc) is 2.01. The summed E-state index contributed by atoms with van der Waals surface area (Å²) in [7, 11) is 0. The van der Waals surface area contributed by atoms with Crippen LogP contribution in [0.15, 0.2) is 0 Å². The van der Waals surface area contributed by atoms with Crippen molar-refractivity contribution in [3.8, 4) is 0 Å². The maximum absolute atomic E-state index is 12.9. The van der Waals surface area contributed by atoms with Crippen molar-refractivity contribution in [1.29, 1.82) is 0 Å². The van der Waals surface area contributed by atoms with E-state index in [0.717, 1.165) is 0 Å². The second-order valence-corrected chi connectivity index (χ2v) is 2.94. The smallest absolute Gasteiger partial charge is 0.285 e. The van der Waals surface area contributed by atoms with Crippen molar-refractivity contribution in [3.05, 3.63) is 0 Å². The van der Waals surface area contributed by atoms with Crippen LogP contribution in [0.2, 0.25) is 0 Å². The van der Waals surface area contributed by atoms with E-state index >= 15 is 0 Å². The van der Waals surface area contributed by atoms with Crippen molar-refractivity contribution in [2.75, 3.05) is 19.7 Å². The SMILES string of the molecule is Cl.FC(F)COC1CCNCC1(F)F. The molecule has 2 nitrogen and oxygen atoms in total. The molecule has 1 aliphatic rings. The Labute approximate surface area is 85.4 Å². The summed E-state index contributed by atoms with van der Waals surface area (Å²) in [6.45, 7) is -1.04. The first kappa shape index (κ1) is 13.9. The Hall–Kier alpha value is -0.0700. The minimum Gasteiger partial charge on any atom is -0.366 e. The van der Waals surface area contributed by atoms with Gasteiger partial charge in [-0.3, -0.25) is 0 Å². The number of nitrogens with one attached hydrogen (secondary N) is 1. The molecule has 1 unspecified atom stereocenters. The summed E-state index contributed by atoms with van der Waals surface area (Å²) in [4.78, 5) is 0. The molecule has 0 aliphatic carbocycles. The van der Waals surface area contributed by atoms with Gasteiger partial charge in [0.1, 0.15) is 12.7 Å². The quantitative estimate of drug-likeness (QED) is 0.755. The van der Waals surface area contributed by atoms with Crippen LogP contribution in [-0.2, 0) is 4.74 Å². The van der Waals surface area contributed by atoms with Crippen LogP contribution >= 0.6 is 12.4 Å². The molecule has 14 heavy (non-hydrogen) atoms. The molecule has 0 amide bonds. The Morgan fingerprint density at radius 1 is 1.43 bits per heavy atom. The van der Waals surface area contributed by atoms with Gasteiger partial charge in [-0.25, -0.2) is 17.6 Å². The zero-order chi connectivity index (χ0) is 9.90. The van der Waals surface area contributed by atoms with E-state index in [4.69, 9.17) is 0 Å². The van der Waals surface area contributed by atoms with Gasteiger partial charge in [-0.2, -0.15) is 0 Å². The third kappa shape index (κ3) is 3.98. The monoisotopic (exact) mass is 237 g/mol. The van der Waals surface area contributed by atoms with Crippen LogP contribution in [0, 0.1) is 0 Å². The van der Waals surface area contributed by atoms with Crippen molar-refractivity contribution in [1.82, 2.24) is 5.32 Å². The van der Waals surface area contributed by atoms with Crippen LogP contribution in [0.25, 0.3) is 0 Å². The minimum absolute atomic E-state index is 0. The third-order valence-corrected chi connectivity index (χ3v) is 1.84. The first-order valence-electron chi connectivity index (χ1n) is 4.00. The normalized spacial score (nSPS) is 25.9. The molecule has 0 spiro atoms. The van der Waals surface area contributed by atoms with Crippen LogP contribution in [0.5, 0.6) is 0 Å². The number of hydrogen-bond donors (Lipinski definition) is 1. The Morgan fingerprint density at radius 2 is 2.07 bits per heavy atom. The van der Waals surface area contributed by atoms with Crippen LogP contribution in [0.3, 0.4) is 0 Å². The van der Waals surface area contributed by atoms with Crippen molar-refractivity contribution in [3.63, 3.8) is 0 Å². The van der Waals surface area contributed by atoms with Gasteiger partial charge >= 0.3 is 0 Å². The molecular formula is C7H12ClF4NO. The maximum atomic E-state index is 12.9. The molecule has 1 saturated heterocycles. The standard InChI is InChI=1S/C7H11F4NO.ClH/c8-6(9)3-13-5-1-2-12-4-7(5,10)11;/h5-6,12H,1-4H2;1H. The third-order valence-electron chi connectivity index (χ3n) is 1.84. The zero-order valence-corrected chi connectivity index (χ0v) is 8.13. The van der Waals surface area contributed by atoms with Crippen molar-refractivity contribution in [2.45, 2.75) is 24.9 Å². The lowest BCUT2D eigenvalue weighted by atomic mass is 10.1. The lowest BCUT2D eigenvalue weighted by molar-refractivity contribution is -0.162. The van der Waals surface area contributed by atoms with E-state index in [2.05, 4.69) is 10.1 Å². The van der Waals surface area contributed by atoms with E-state index in [1.54, 1.807) is 0 Å². The van der Waals surface area contributed by atoms with Gasteiger partial charge < -0.3 is 10.1 Å². The molecule has 1 fully saturated rings. The molecule has 1 N–H and O–H groups in total. The highest BCUT2D eigenvalue weighted by Crippen LogP contribution is 2.26. The maximum Gasteiger partial charge on any atom is 0.285 e. The highest BCUT2D eigenvalue weighted by molar-refractivity contribution is 5.85. The largest absolute Gasteiger partial charge is 0.366 e. The van der Waals surface area contributed by atoms with Gasteiger partial charge in [0.25, 0.3) is 12.3 Å². The Bertz CT molecular complexity index is 170. The van der Waals surface area contributed by atoms with Crippen LogP contribution < -0.4 is 5.32 Å². The topological polar surface area (TPSA) is 21.3 Å². The summed E-state index contributed by atoms with van der Waals surface area (Å²) in [5, 5.41) is 2.48. The molecule has 1 rings (SSSR count). The van der Waals surface area contributed by atoms with E-state index in [1.807, 2.05) is 0 Å². The molecule has 86 valence electrons. The lowest BCUT2D eigenvalue weighted by Gasteiger charge is -2.31. The molecule has 0 bridgehead atoms. The first-order chi connectivity index (χ1) is 6.02. The summed E-state index contributed by atoms with van der Waals surface area (Å²) in [5.41, 5.74) is 0. The van der Waals surface area contributed by atoms with Gasteiger partial charge in [-0.15, -0.1) is 12.4 Å². The molecule has 0 aromatic carbocycles. The highest BCUT2D eigenvalue weighted by Gasteiger charge is 2.42. The number of hydrogen-bond acceptors (Lipinski definition) is 2. The molecule has 0 aromatic heterocycles. The molecule has 1 aliphatic heterocycles. The van der Waals surface area contributed by atoms with Gasteiger partial charge in [0, 0.05) is 0 Å². The molecule has 0 radical (unpaired) electrons. The average molecular weight is 238 g/mol. The molecule has 0 saturated carbocycles. The second-order valence-electron chi connectivity index (χ2n) is 2.94. The van der Waals surface area contributed by atoms with E-state index in [-0.39, 0.29) is 18.8 Å². The number of ether oxygens (including phenoxy) is 1. The highest BCUT2D eigenvalue weighted by atomic mass is 35.5. The molecule has 1 atom stereocenters. The van der Waals surface area contributed by atoms with Gasteiger partial charge in [0.15, 0.2) is 0 Å². The lowest BCUT2D eigenvalue weighted by Crippen LogP contribution is -2.51. The molecule has 7 heteroatoms. The number of rotatable bonds is 3. The molecular weight excluding hydrogens is 226 g/mol. The summed E-state index contributed by atoms with van der Waals surface area (Å²) < 4.78 is 53.5. The van der Waals surface area contributed by atoms with Crippen molar-refractivity contribution >= 4 is 12.4 Å². The van der Waals surface area contributed by atoms with Gasteiger partial charge in [-0.1, -0.05) is 0 Å². The van der Waals surface area contributed by atoms with Crippen molar-refractivity contribution < 1.29 is 22.3 Å². The Balaban J connectivity index is 0.00000169. The summed E-state index contributed by atoms with van der Waals surface area (Å²) in [6.07, 6.45) is -3.99. The Kier molecular flexibility index (Phi) is 5.70. The number of alkyl halides is 4. The molecule has 1 heterocycles. The minimum atomic E-state index is -3.03. The fourth-order valence-corrected chi connectivity index (χ4v) is 1.21. The summed E-state index contributed by atoms with van der Waals surface area (Å²) >= 11 is 0. The van der Waals surface area contributed by atoms with Gasteiger partial charge in [-0.05, 0) is 13.0 Å². The number of halogens is 5. The van der Waals surface area contributed by atoms with E-state index < -0.39 is 31.6 Å². The number of piperidine rings is 1. The van der Waals surface area contributed by atoms with E-state index in [1.165, 1.54) is 0 Å². The van der Waals surface area contributed by atoms with E-state index in [9.17, 15) is 17.6 Å².